The molecule has 3 nitrogen and oxygen atoms in total. The van der Waals surface area contributed by atoms with E-state index in [0.29, 0.717) is 12.7 Å². The highest BCUT2D eigenvalue weighted by molar-refractivity contribution is 5.28. The van der Waals surface area contributed by atoms with Gasteiger partial charge >= 0.3 is 0 Å². The van der Waals surface area contributed by atoms with Crippen molar-refractivity contribution in [1.29, 1.82) is 0 Å². The molecule has 2 N–H and O–H groups in total. The molecule has 2 atom stereocenters. The second-order valence-corrected chi connectivity index (χ2v) is 5.43. The molecule has 19 heavy (non-hydrogen) atoms. The van der Waals surface area contributed by atoms with Crippen molar-refractivity contribution in [1.82, 2.24) is 0 Å². The van der Waals surface area contributed by atoms with Gasteiger partial charge in [0.05, 0.1) is 19.8 Å². The molecule has 1 fully saturated rings. The van der Waals surface area contributed by atoms with Crippen LogP contribution in [0.3, 0.4) is 0 Å². The highest BCUT2D eigenvalue weighted by Gasteiger charge is 2.51. The van der Waals surface area contributed by atoms with Crippen LogP contribution in [0.25, 0.3) is 0 Å². The van der Waals surface area contributed by atoms with Gasteiger partial charge in [-0.3, -0.25) is 0 Å². The molecule has 0 heterocycles. The quantitative estimate of drug-likeness (QED) is 0.857. The van der Waals surface area contributed by atoms with Gasteiger partial charge in [0.2, 0.25) is 0 Å². The minimum atomic E-state index is 0.179. The zero-order valence-electron chi connectivity index (χ0n) is 12.2. The monoisotopic (exact) mass is 263 g/mol. The van der Waals surface area contributed by atoms with E-state index < -0.39 is 0 Å². The first-order valence-corrected chi connectivity index (χ1v) is 7.16. The number of hydrogen-bond donors (Lipinski definition) is 1. The summed E-state index contributed by atoms with van der Waals surface area (Å²) in [5, 5.41) is 0. The Kier molecular flexibility index (Phi) is 4.48. The van der Waals surface area contributed by atoms with Gasteiger partial charge in [-0.25, -0.2) is 0 Å². The first-order valence-electron chi connectivity index (χ1n) is 7.16. The number of nitrogens with two attached hydrogens (primary N) is 1. The van der Waals surface area contributed by atoms with Crippen LogP contribution in [-0.2, 0) is 11.3 Å². The van der Waals surface area contributed by atoms with Crippen molar-refractivity contribution in [3.05, 3.63) is 29.8 Å². The SMILES string of the molecule is CCC1(CC)C(N)CC1OCc1cccc(OC)c1. The molecule has 106 valence electrons. The fraction of sp³-hybridized carbons (Fsp3) is 0.625. The summed E-state index contributed by atoms with van der Waals surface area (Å²) in [7, 11) is 1.68. The normalized spacial score (nSPS) is 24.8. The average Bonchev–Trinajstić information content (AvgIpc) is 2.45. The van der Waals surface area contributed by atoms with Gasteiger partial charge in [-0.1, -0.05) is 26.0 Å². The molecule has 3 heteroatoms. The van der Waals surface area contributed by atoms with Gasteiger partial charge in [-0.15, -0.1) is 0 Å². The molecule has 0 spiro atoms. The molecule has 0 aromatic heterocycles. The Balaban J connectivity index is 1.95. The van der Waals surface area contributed by atoms with E-state index in [1.165, 1.54) is 0 Å². The lowest BCUT2D eigenvalue weighted by atomic mass is 9.59. The summed E-state index contributed by atoms with van der Waals surface area (Å²) >= 11 is 0. The number of ether oxygens (including phenoxy) is 2. The van der Waals surface area contributed by atoms with Gasteiger partial charge in [0.15, 0.2) is 0 Å². The predicted molar refractivity (Wildman–Crippen MR) is 77.2 cm³/mol. The number of hydrogen-bond acceptors (Lipinski definition) is 3. The lowest BCUT2D eigenvalue weighted by Gasteiger charge is -2.53. The maximum Gasteiger partial charge on any atom is 0.119 e. The van der Waals surface area contributed by atoms with Gasteiger partial charge in [0, 0.05) is 11.5 Å². The Labute approximate surface area is 116 Å². The Morgan fingerprint density at radius 1 is 1.32 bits per heavy atom. The summed E-state index contributed by atoms with van der Waals surface area (Å²) < 4.78 is 11.3. The van der Waals surface area contributed by atoms with Crippen molar-refractivity contribution in [2.45, 2.75) is 51.9 Å². The zero-order valence-corrected chi connectivity index (χ0v) is 12.2. The summed E-state index contributed by atoms with van der Waals surface area (Å²) in [5.41, 5.74) is 7.52. The van der Waals surface area contributed by atoms with Gasteiger partial charge in [-0.2, -0.15) is 0 Å². The van der Waals surface area contributed by atoms with Gasteiger partial charge in [-0.05, 0) is 37.0 Å². The van der Waals surface area contributed by atoms with E-state index >= 15 is 0 Å². The van der Waals surface area contributed by atoms with E-state index in [1.54, 1.807) is 7.11 Å². The highest BCUT2D eigenvalue weighted by Crippen LogP contribution is 2.47. The van der Waals surface area contributed by atoms with E-state index in [4.69, 9.17) is 15.2 Å². The van der Waals surface area contributed by atoms with Crippen molar-refractivity contribution in [3.63, 3.8) is 0 Å². The van der Waals surface area contributed by atoms with Crippen LogP contribution in [0.1, 0.15) is 38.7 Å². The zero-order chi connectivity index (χ0) is 13.9. The van der Waals surface area contributed by atoms with Crippen molar-refractivity contribution in [3.8, 4) is 5.75 Å². The van der Waals surface area contributed by atoms with Crippen LogP contribution in [0.2, 0.25) is 0 Å². The average molecular weight is 263 g/mol. The van der Waals surface area contributed by atoms with E-state index in [1.807, 2.05) is 18.2 Å². The van der Waals surface area contributed by atoms with E-state index in [-0.39, 0.29) is 11.5 Å². The molecule has 0 saturated heterocycles. The molecule has 1 aromatic rings. The molecule has 0 bridgehead atoms. The summed E-state index contributed by atoms with van der Waals surface area (Å²) in [6.07, 6.45) is 3.45. The minimum absolute atomic E-state index is 0.179. The van der Waals surface area contributed by atoms with Crippen LogP contribution in [0.15, 0.2) is 24.3 Å². The van der Waals surface area contributed by atoms with Crippen molar-refractivity contribution < 1.29 is 9.47 Å². The molecular formula is C16H25NO2. The lowest BCUT2D eigenvalue weighted by Crippen LogP contribution is -2.61. The summed E-state index contributed by atoms with van der Waals surface area (Å²) in [5.74, 6) is 0.878. The first-order chi connectivity index (χ1) is 9.16. The van der Waals surface area contributed by atoms with Crippen LogP contribution < -0.4 is 10.5 Å². The molecule has 0 amide bonds. The summed E-state index contributed by atoms with van der Waals surface area (Å²) in [6, 6.07) is 8.33. The number of benzene rings is 1. The van der Waals surface area contributed by atoms with Gasteiger partial charge in [0.1, 0.15) is 5.75 Å². The van der Waals surface area contributed by atoms with Gasteiger partial charge in [0.25, 0.3) is 0 Å². The largest absolute Gasteiger partial charge is 0.497 e. The smallest absolute Gasteiger partial charge is 0.119 e. The standard InChI is InChI=1S/C16H25NO2/c1-4-16(5-2)14(17)10-15(16)19-11-12-7-6-8-13(9-12)18-3/h6-9,14-15H,4-5,10-11,17H2,1-3H3. The van der Waals surface area contributed by atoms with Crippen molar-refractivity contribution in [2.75, 3.05) is 7.11 Å². The minimum Gasteiger partial charge on any atom is -0.497 e. The molecule has 2 unspecified atom stereocenters. The number of rotatable bonds is 6. The third-order valence-electron chi connectivity index (χ3n) is 4.75. The fourth-order valence-corrected chi connectivity index (χ4v) is 3.20. The molecule has 2 rings (SSSR count). The number of methoxy groups -OCH3 is 1. The predicted octanol–water partition coefficient (Wildman–Crippen LogP) is 3.12. The van der Waals surface area contributed by atoms with Crippen LogP contribution in [-0.4, -0.2) is 19.3 Å². The molecule has 1 aliphatic rings. The summed E-state index contributed by atoms with van der Waals surface area (Å²) in [6.45, 7) is 5.06. The van der Waals surface area contributed by atoms with E-state index in [9.17, 15) is 0 Å². The Morgan fingerprint density at radius 2 is 2.05 bits per heavy atom. The van der Waals surface area contributed by atoms with Crippen LogP contribution in [0, 0.1) is 5.41 Å². The van der Waals surface area contributed by atoms with Crippen LogP contribution in [0.5, 0.6) is 5.75 Å². The molecule has 0 radical (unpaired) electrons. The summed E-state index contributed by atoms with van der Waals surface area (Å²) in [4.78, 5) is 0. The Hall–Kier alpha value is -1.06. The van der Waals surface area contributed by atoms with Crippen LogP contribution >= 0.6 is 0 Å². The maximum absolute atomic E-state index is 6.18. The van der Waals surface area contributed by atoms with Crippen LogP contribution in [0.4, 0.5) is 0 Å². The molecule has 1 aliphatic carbocycles. The second-order valence-electron chi connectivity index (χ2n) is 5.43. The highest BCUT2D eigenvalue weighted by atomic mass is 16.5. The third-order valence-corrected chi connectivity index (χ3v) is 4.75. The third kappa shape index (κ3) is 2.63. The Bertz CT molecular complexity index is 415. The lowest BCUT2D eigenvalue weighted by molar-refractivity contribution is -0.137. The molecule has 0 aliphatic heterocycles. The van der Waals surface area contributed by atoms with E-state index in [2.05, 4.69) is 19.9 Å². The van der Waals surface area contributed by atoms with E-state index in [0.717, 1.165) is 30.6 Å². The molecule has 1 saturated carbocycles. The van der Waals surface area contributed by atoms with Crippen molar-refractivity contribution in [2.24, 2.45) is 11.1 Å². The molecular weight excluding hydrogens is 238 g/mol. The van der Waals surface area contributed by atoms with Crippen molar-refractivity contribution >= 4 is 0 Å². The first kappa shape index (κ1) is 14.4. The van der Waals surface area contributed by atoms with Gasteiger partial charge < -0.3 is 15.2 Å². The topological polar surface area (TPSA) is 44.5 Å². The second kappa shape index (κ2) is 5.93. The maximum atomic E-state index is 6.18. The molecule has 1 aromatic carbocycles. The fourth-order valence-electron chi connectivity index (χ4n) is 3.20. The Morgan fingerprint density at radius 3 is 2.63 bits per heavy atom.